The Labute approximate surface area is 92.7 Å². The van der Waals surface area contributed by atoms with Gasteiger partial charge in [0, 0.05) is 6.42 Å². The van der Waals surface area contributed by atoms with E-state index in [0.29, 0.717) is 6.42 Å². The summed E-state index contributed by atoms with van der Waals surface area (Å²) < 4.78 is 0. The summed E-state index contributed by atoms with van der Waals surface area (Å²) in [5, 5.41) is 6.99. The van der Waals surface area contributed by atoms with Gasteiger partial charge in [0.25, 0.3) is 0 Å². The SMILES string of the molecule is C=C=C(CC=N)C/C=C\C(C)=C(/C)C=C. The number of hydrogen-bond donors (Lipinski definition) is 1. The summed E-state index contributed by atoms with van der Waals surface area (Å²) in [6, 6.07) is 0. The topological polar surface area (TPSA) is 23.9 Å². The van der Waals surface area contributed by atoms with Gasteiger partial charge in [0.15, 0.2) is 0 Å². The van der Waals surface area contributed by atoms with Crippen LogP contribution in [0.1, 0.15) is 26.7 Å². The molecule has 0 bridgehead atoms. The van der Waals surface area contributed by atoms with Gasteiger partial charge in [0.2, 0.25) is 0 Å². The van der Waals surface area contributed by atoms with Crippen LogP contribution in [0.2, 0.25) is 0 Å². The molecule has 1 nitrogen and oxygen atoms in total. The van der Waals surface area contributed by atoms with Crippen molar-refractivity contribution in [2.45, 2.75) is 26.7 Å². The van der Waals surface area contributed by atoms with Crippen LogP contribution in [0.5, 0.6) is 0 Å². The van der Waals surface area contributed by atoms with E-state index in [1.54, 1.807) is 0 Å². The molecule has 80 valence electrons. The maximum absolute atomic E-state index is 6.99. The van der Waals surface area contributed by atoms with Gasteiger partial charge in [-0.05, 0) is 43.2 Å². The maximum Gasteiger partial charge on any atom is 0.0109 e. The number of rotatable bonds is 6. The number of allylic oxidation sites excluding steroid dienone is 6. The molecule has 0 spiro atoms. The van der Waals surface area contributed by atoms with E-state index in [2.05, 4.69) is 38.0 Å². The lowest BCUT2D eigenvalue weighted by Gasteiger charge is -1.98. The van der Waals surface area contributed by atoms with E-state index in [9.17, 15) is 0 Å². The van der Waals surface area contributed by atoms with Crippen molar-refractivity contribution in [3.63, 3.8) is 0 Å². The average molecular weight is 201 g/mol. The minimum absolute atomic E-state index is 0.636. The van der Waals surface area contributed by atoms with Crippen LogP contribution in [-0.2, 0) is 0 Å². The largest absolute Gasteiger partial charge is 0.313 e. The van der Waals surface area contributed by atoms with Crippen LogP contribution in [0.3, 0.4) is 0 Å². The van der Waals surface area contributed by atoms with E-state index in [0.717, 1.165) is 12.0 Å². The second kappa shape index (κ2) is 7.78. The van der Waals surface area contributed by atoms with E-state index in [4.69, 9.17) is 5.41 Å². The Balaban J connectivity index is 4.38. The zero-order valence-electron chi connectivity index (χ0n) is 9.64. The zero-order valence-corrected chi connectivity index (χ0v) is 9.64. The highest BCUT2D eigenvalue weighted by Gasteiger charge is 1.91. The molecule has 0 aromatic heterocycles. The summed E-state index contributed by atoms with van der Waals surface area (Å²) in [4.78, 5) is 0. The normalized spacial score (nSPS) is 11.9. The highest BCUT2D eigenvalue weighted by Crippen LogP contribution is 2.09. The molecule has 0 aromatic rings. The van der Waals surface area contributed by atoms with Crippen molar-refractivity contribution in [1.82, 2.24) is 0 Å². The maximum atomic E-state index is 6.99. The van der Waals surface area contributed by atoms with Crippen LogP contribution in [0.4, 0.5) is 0 Å². The number of hydrogen-bond acceptors (Lipinski definition) is 1. The highest BCUT2D eigenvalue weighted by molar-refractivity contribution is 5.57. The molecular weight excluding hydrogens is 182 g/mol. The van der Waals surface area contributed by atoms with Crippen molar-refractivity contribution >= 4 is 6.21 Å². The van der Waals surface area contributed by atoms with Crippen molar-refractivity contribution in [2.24, 2.45) is 0 Å². The number of nitrogens with one attached hydrogen (secondary N) is 1. The molecule has 0 heterocycles. The van der Waals surface area contributed by atoms with Gasteiger partial charge in [-0.1, -0.05) is 31.4 Å². The van der Waals surface area contributed by atoms with Crippen molar-refractivity contribution in [3.05, 3.63) is 53.8 Å². The van der Waals surface area contributed by atoms with Gasteiger partial charge in [-0.2, -0.15) is 0 Å². The third-order valence-electron chi connectivity index (χ3n) is 2.26. The Morgan fingerprint density at radius 3 is 2.40 bits per heavy atom. The standard InChI is InChI=1S/C14H19N/c1-5-12(3)13(4)8-7-9-14(6-2)10-11-15/h5,7-8,11,15H,1-2,9-10H2,3-4H3/b8-7-,13-12+,15-11?. The lowest BCUT2D eigenvalue weighted by Crippen LogP contribution is -1.81. The van der Waals surface area contributed by atoms with E-state index in [-0.39, 0.29) is 0 Å². The second-order valence-electron chi connectivity index (χ2n) is 3.37. The average Bonchev–Trinajstić information content (AvgIpc) is 2.26. The van der Waals surface area contributed by atoms with E-state index >= 15 is 0 Å². The lowest BCUT2D eigenvalue weighted by molar-refractivity contribution is 1.15. The van der Waals surface area contributed by atoms with Gasteiger partial charge < -0.3 is 5.41 Å². The van der Waals surface area contributed by atoms with Crippen LogP contribution in [0, 0.1) is 5.41 Å². The van der Waals surface area contributed by atoms with Crippen LogP contribution in [-0.4, -0.2) is 6.21 Å². The lowest BCUT2D eigenvalue weighted by atomic mass is 10.1. The second-order valence-corrected chi connectivity index (χ2v) is 3.37. The predicted octanol–water partition coefficient (Wildman–Crippen LogP) is 4.21. The first-order valence-corrected chi connectivity index (χ1v) is 4.98. The van der Waals surface area contributed by atoms with Crippen LogP contribution in [0.15, 0.2) is 53.8 Å². The van der Waals surface area contributed by atoms with Crippen molar-refractivity contribution in [2.75, 3.05) is 0 Å². The fourth-order valence-electron chi connectivity index (χ4n) is 1.02. The smallest absolute Gasteiger partial charge is 0.0109 e. The van der Waals surface area contributed by atoms with Crippen LogP contribution < -0.4 is 0 Å². The molecule has 0 fully saturated rings. The van der Waals surface area contributed by atoms with Gasteiger partial charge in [0.1, 0.15) is 0 Å². The van der Waals surface area contributed by atoms with Crippen molar-refractivity contribution in [3.8, 4) is 0 Å². The molecule has 1 N–H and O–H groups in total. The third-order valence-corrected chi connectivity index (χ3v) is 2.26. The molecule has 0 aromatic carbocycles. The molecule has 0 amide bonds. The molecule has 0 rings (SSSR count). The zero-order chi connectivity index (χ0) is 11.7. The van der Waals surface area contributed by atoms with Gasteiger partial charge in [0.05, 0.1) is 0 Å². The van der Waals surface area contributed by atoms with E-state index < -0.39 is 0 Å². The predicted molar refractivity (Wildman–Crippen MR) is 68.4 cm³/mol. The highest BCUT2D eigenvalue weighted by atomic mass is 14.3. The van der Waals surface area contributed by atoms with Gasteiger partial charge in [-0.3, -0.25) is 0 Å². The molecule has 0 atom stereocenters. The Bertz CT molecular complexity index is 336. The minimum Gasteiger partial charge on any atom is -0.313 e. The molecule has 0 aliphatic heterocycles. The monoisotopic (exact) mass is 201 g/mol. The first kappa shape index (κ1) is 13.4. The summed E-state index contributed by atoms with van der Waals surface area (Å²) in [7, 11) is 0. The Hall–Kier alpha value is -1.59. The molecule has 0 aliphatic carbocycles. The molecule has 0 unspecified atom stereocenters. The Morgan fingerprint density at radius 2 is 1.93 bits per heavy atom. The van der Waals surface area contributed by atoms with Gasteiger partial charge >= 0.3 is 0 Å². The van der Waals surface area contributed by atoms with Crippen molar-refractivity contribution in [1.29, 1.82) is 5.41 Å². The molecule has 0 radical (unpaired) electrons. The summed E-state index contributed by atoms with van der Waals surface area (Å²) in [5.41, 5.74) is 6.29. The summed E-state index contributed by atoms with van der Waals surface area (Å²) in [6.45, 7) is 11.4. The van der Waals surface area contributed by atoms with Crippen LogP contribution >= 0.6 is 0 Å². The molecule has 0 aliphatic rings. The van der Waals surface area contributed by atoms with E-state index in [1.165, 1.54) is 17.4 Å². The summed E-state index contributed by atoms with van der Waals surface area (Å²) >= 11 is 0. The Morgan fingerprint density at radius 1 is 1.27 bits per heavy atom. The Kier molecular flexibility index (Phi) is 6.96. The molecule has 0 saturated carbocycles. The summed E-state index contributed by atoms with van der Waals surface area (Å²) in [5.74, 6) is 0. The molecule has 1 heteroatoms. The molecule has 15 heavy (non-hydrogen) atoms. The molecule has 0 saturated heterocycles. The van der Waals surface area contributed by atoms with E-state index in [1.807, 2.05) is 13.0 Å². The fourth-order valence-corrected chi connectivity index (χ4v) is 1.02. The third kappa shape index (κ3) is 5.66. The first-order valence-electron chi connectivity index (χ1n) is 4.98. The van der Waals surface area contributed by atoms with Crippen LogP contribution in [0.25, 0.3) is 0 Å². The van der Waals surface area contributed by atoms with Gasteiger partial charge in [-0.15, -0.1) is 5.73 Å². The molecular formula is C14H19N. The quantitative estimate of drug-likeness (QED) is 0.378. The summed E-state index contributed by atoms with van der Waals surface area (Å²) in [6.07, 6.45) is 8.80. The van der Waals surface area contributed by atoms with Crippen molar-refractivity contribution < 1.29 is 0 Å². The first-order chi connectivity index (χ1) is 7.15. The minimum atomic E-state index is 0.636. The van der Waals surface area contributed by atoms with Gasteiger partial charge in [-0.25, -0.2) is 0 Å². The fraction of sp³-hybridized carbons (Fsp3) is 0.286.